The van der Waals surface area contributed by atoms with Gasteiger partial charge in [-0.15, -0.1) is 0 Å². The largest absolute Gasteiger partial charge is 0.465 e. The average molecular weight is 471 g/mol. The van der Waals surface area contributed by atoms with E-state index < -0.39 is 5.97 Å². The van der Waals surface area contributed by atoms with Gasteiger partial charge in [0, 0.05) is 11.3 Å². The van der Waals surface area contributed by atoms with Gasteiger partial charge in [-0.25, -0.2) is 9.79 Å². The summed E-state index contributed by atoms with van der Waals surface area (Å²) in [4.78, 5) is 18.6. The third-order valence-electron chi connectivity index (χ3n) is 6.14. The number of nitrogens with zero attached hydrogens (tertiary/aromatic N) is 2. The number of aromatic nitrogens is 1. The van der Waals surface area contributed by atoms with E-state index in [1.165, 1.54) is 7.11 Å². The molecule has 5 aromatic rings. The average Bonchev–Trinajstić information content (AvgIpc) is 2.95. The molecule has 5 rings (SSSR count). The molecule has 0 N–H and O–H groups in total. The van der Waals surface area contributed by atoms with E-state index in [-0.39, 0.29) is 0 Å². The second kappa shape index (κ2) is 10.3. The van der Waals surface area contributed by atoms with Crippen molar-refractivity contribution in [2.24, 2.45) is 4.99 Å². The molecule has 0 fully saturated rings. The normalized spacial score (nSPS) is 11.3. The number of carbonyl (C=O) groups is 1. The Labute approximate surface area is 210 Å². The van der Waals surface area contributed by atoms with E-state index in [0.717, 1.165) is 39.3 Å². The quantitative estimate of drug-likeness (QED) is 0.256. The van der Waals surface area contributed by atoms with Crippen molar-refractivity contribution in [3.05, 3.63) is 138 Å². The topological polar surface area (TPSA) is 43.6 Å². The molecule has 0 radical (unpaired) electrons. The standard InChI is InChI=1S/C32H26N2O2/c1-23-28(24-15-7-3-8-16-24)29(32(35)36-2)31(33-26-19-11-5-12-20-26)34(27-21-13-6-14-22-27)30(23)25-17-9-4-10-18-25/h3-22H,1-2H3. The fourth-order valence-corrected chi connectivity index (χ4v) is 4.56. The second-order valence-electron chi connectivity index (χ2n) is 8.39. The van der Waals surface area contributed by atoms with Crippen molar-refractivity contribution in [1.29, 1.82) is 0 Å². The molecule has 0 saturated carbocycles. The minimum absolute atomic E-state index is 0.425. The van der Waals surface area contributed by atoms with Crippen molar-refractivity contribution in [3.8, 4) is 28.1 Å². The number of ether oxygens (including phenoxy) is 1. The van der Waals surface area contributed by atoms with Gasteiger partial charge in [0.15, 0.2) is 5.49 Å². The van der Waals surface area contributed by atoms with Crippen LogP contribution in [0.15, 0.2) is 126 Å². The fourth-order valence-electron chi connectivity index (χ4n) is 4.56. The molecule has 176 valence electrons. The lowest BCUT2D eigenvalue weighted by molar-refractivity contribution is 0.0599. The number of para-hydroxylation sites is 2. The maximum Gasteiger partial charge on any atom is 0.342 e. The van der Waals surface area contributed by atoms with Crippen LogP contribution < -0.4 is 5.49 Å². The maximum atomic E-state index is 13.5. The van der Waals surface area contributed by atoms with Crippen molar-refractivity contribution < 1.29 is 9.53 Å². The van der Waals surface area contributed by atoms with Crippen molar-refractivity contribution in [3.63, 3.8) is 0 Å². The number of rotatable bonds is 5. The Balaban J connectivity index is 2.06. The van der Waals surface area contributed by atoms with Crippen LogP contribution in [0.4, 0.5) is 5.69 Å². The smallest absolute Gasteiger partial charge is 0.342 e. The van der Waals surface area contributed by atoms with Crippen LogP contribution in [0, 0.1) is 6.92 Å². The highest BCUT2D eigenvalue weighted by molar-refractivity contribution is 5.99. The monoisotopic (exact) mass is 470 g/mol. The van der Waals surface area contributed by atoms with Gasteiger partial charge in [-0.1, -0.05) is 97.1 Å². The van der Waals surface area contributed by atoms with Crippen LogP contribution in [-0.4, -0.2) is 17.6 Å². The number of hydrogen-bond acceptors (Lipinski definition) is 3. The number of esters is 1. The van der Waals surface area contributed by atoms with Crippen LogP contribution in [0.25, 0.3) is 28.1 Å². The highest BCUT2D eigenvalue weighted by atomic mass is 16.5. The van der Waals surface area contributed by atoms with Crippen LogP contribution in [0.2, 0.25) is 0 Å². The fraction of sp³-hybridized carbons (Fsp3) is 0.0625. The van der Waals surface area contributed by atoms with Crippen LogP contribution in [0.1, 0.15) is 15.9 Å². The van der Waals surface area contributed by atoms with E-state index >= 15 is 0 Å². The number of benzene rings is 4. The molecule has 4 nitrogen and oxygen atoms in total. The van der Waals surface area contributed by atoms with E-state index in [1.807, 2.05) is 109 Å². The van der Waals surface area contributed by atoms with Gasteiger partial charge in [-0.2, -0.15) is 0 Å². The maximum absolute atomic E-state index is 13.5. The lowest BCUT2D eigenvalue weighted by atomic mass is 9.92. The van der Waals surface area contributed by atoms with Gasteiger partial charge < -0.3 is 4.74 Å². The van der Waals surface area contributed by atoms with E-state index in [0.29, 0.717) is 11.1 Å². The highest BCUT2D eigenvalue weighted by Crippen LogP contribution is 2.35. The molecule has 0 aliphatic heterocycles. The lowest BCUT2D eigenvalue weighted by Gasteiger charge is -2.23. The molecule has 0 atom stereocenters. The second-order valence-corrected chi connectivity index (χ2v) is 8.39. The van der Waals surface area contributed by atoms with Gasteiger partial charge in [0.1, 0.15) is 5.56 Å². The van der Waals surface area contributed by atoms with Gasteiger partial charge in [0.05, 0.1) is 18.5 Å². The molecule has 4 aromatic carbocycles. The molecular weight excluding hydrogens is 444 g/mol. The number of methoxy groups -OCH3 is 1. The summed E-state index contributed by atoms with van der Waals surface area (Å²) in [7, 11) is 1.41. The molecule has 1 heterocycles. The molecule has 0 saturated heterocycles. The van der Waals surface area contributed by atoms with Crippen molar-refractivity contribution in [2.75, 3.05) is 7.11 Å². The number of pyridine rings is 1. The Morgan fingerprint density at radius 1 is 0.694 bits per heavy atom. The molecular formula is C32H26N2O2. The molecule has 0 spiro atoms. The summed E-state index contributed by atoms with van der Waals surface area (Å²) >= 11 is 0. The summed E-state index contributed by atoms with van der Waals surface area (Å²) < 4.78 is 7.42. The Morgan fingerprint density at radius 2 is 1.19 bits per heavy atom. The molecule has 0 aliphatic rings. The summed E-state index contributed by atoms with van der Waals surface area (Å²) in [6.45, 7) is 2.06. The molecule has 36 heavy (non-hydrogen) atoms. The van der Waals surface area contributed by atoms with Crippen molar-refractivity contribution >= 4 is 11.7 Å². The molecule has 4 heteroatoms. The van der Waals surface area contributed by atoms with Gasteiger partial charge in [-0.05, 0) is 47.9 Å². The zero-order valence-corrected chi connectivity index (χ0v) is 20.3. The van der Waals surface area contributed by atoms with Crippen LogP contribution in [-0.2, 0) is 4.74 Å². The van der Waals surface area contributed by atoms with Crippen LogP contribution in [0.5, 0.6) is 0 Å². The SMILES string of the molecule is COC(=O)c1c(-c2ccccc2)c(C)c(-c2ccccc2)n(-c2ccccc2)c1=Nc1ccccc1. The zero-order valence-electron chi connectivity index (χ0n) is 20.3. The minimum atomic E-state index is -0.434. The first-order chi connectivity index (χ1) is 17.7. The zero-order chi connectivity index (χ0) is 24.9. The Hall–Kier alpha value is -4.70. The van der Waals surface area contributed by atoms with Crippen molar-refractivity contribution in [1.82, 2.24) is 4.57 Å². The molecule has 0 unspecified atom stereocenters. The third-order valence-corrected chi connectivity index (χ3v) is 6.14. The summed E-state index contributed by atoms with van der Waals surface area (Å²) in [5.74, 6) is -0.434. The Bertz CT molecular complexity index is 1560. The van der Waals surface area contributed by atoms with Crippen molar-refractivity contribution in [2.45, 2.75) is 6.92 Å². The summed E-state index contributed by atoms with van der Waals surface area (Å²) in [6, 6.07) is 39.9. The number of hydrogen-bond donors (Lipinski definition) is 0. The van der Waals surface area contributed by atoms with Gasteiger partial charge in [0.25, 0.3) is 0 Å². The lowest BCUT2D eigenvalue weighted by Crippen LogP contribution is -2.30. The van der Waals surface area contributed by atoms with Gasteiger partial charge in [0.2, 0.25) is 0 Å². The van der Waals surface area contributed by atoms with Crippen LogP contribution in [0.3, 0.4) is 0 Å². The molecule has 1 aromatic heterocycles. The molecule has 0 amide bonds. The highest BCUT2D eigenvalue weighted by Gasteiger charge is 2.26. The predicted octanol–water partition coefficient (Wildman–Crippen LogP) is 7.14. The molecule has 0 bridgehead atoms. The van der Waals surface area contributed by atoms with E-state index in [2.05, 4.69) is 23.6 Å². The summed E-state index contributed by atoms with van der Waals surface area (Å²) in [6.07, 6.45) is 0. The van der Waals surface area contributed by atoms with E-state index in [9.17, 15) is 4.79 Å². The first kappa shape index (κ1) is 23.1. The van der Waals surface area contributed by atoms with Gasteiger partial charge >= 0.3 is 5.97 Å². The molecule has 0 aliphatic carbocycles. The third kappa shape index (κ3) is 4.37. The number of carbonyl (C=O) groups excluding carboxylic acids is 1. The predicted molar refractivity (Wildman–Crippen MR) is 144 cm³/mol. The summed E-state index contributed by atoms with van der Waals surface area (Å²) in [5.41, 5.74) is 7.27. The van der Waals surface area contributed by atoms with Crippen LogP contribution >= 0.6 is 0 Å². The Morgan fingerprint density at radius 3 is 1.75 bits per heavy atom. The van der Waals surface area contributed by atoms with E-state index in [4.69, 9.17) is 9.73 Å². The Kier molecular flexibility index (Phi) is 6.59. The van der Waals surface area contributed by atoms with E-state index in [1.54, 1.807) is 0 Å². The first-order valence-electron chi connectivity index (χ1n) is 11.8. The van der Waals surface area contributed by atoms with Gasteiger partial charge in [-0.3, -0.25) is 4.57 Å². The summed E-state index contributed by atoms with van der Waals surface area (Å²) in [5, 5.41) is 0. The first-order valence-corrected chi connectivity index (χ1v) is 11.8. The minimum Gasteiger partial charge on any atom is -0.465 e.